The van der Waals surface area contributed by atoms with Gasteiger partial charge in [0.15, 0.2) is 0 Å². The Hall–Kier alpha value is -0.910. The lowest BCUT2D eigenvalue weighted by atomic mass is 10.1. The summed E-state index contributed by atoms with van der Waals surface area (Å²) in [4.78, 5) is 4.67. The molecule has 0 spiro atoms. The number of benzene rings is 1. The number of thiazole rings is 1. The molecule has 2 rings (SSSR count). The minimum absolute atomic E-state index is 0.278. The average molecular weight is 341 g/mol. The van der Waals surface area contributed by atoms with E-state index in [1.54, 1.807) is 11.3 Å². The fourth-order valence-electron chi connectivity index (χ4n) is 1.69. The molecule has 0 amide bonds. The molecule has 1 unspecified atom stereocenters. The van der Waals surface area contributed by atoms with Crippen LogP contribution < -0.4 is 10.1 Å². The number of aromatic nitrogens is 1. The van der Waals surface area contributed by atoms with Gasteiger partial charge in [-0.3, -0.25) is 0 Å². The number of rotatable bonds is 5. The highest BCUT2D eigenvalue weighted by Gasteiger charge is 2.12. The summed E-state index contributed by atoms with van der Waals surface area (Å²) in [6.07, 6.45) is 0. The topological polar surface area (TPSA) is 34.1 Å². The molecule has 19 heavy (non-hydrogen) atoms. The van der Waals surface area contributed by atoms with Crippen molar-refractivity contribution in [2.45, 2.75) is 19.9 Å². The summed E-state index contributed by atoms with van der Waals surface area (Å²) >= 11 is 5.26. The van der Waals surface area contributed by atoms with E-state index >= 15 is 0 Å². The van der Waals surface area contributed by atoms with Gasteiger partial charge in [0.05, 0.1) is 18.3 Å². The minimum Gasteiger partial charge on any atom is -0.494 e. The number of ether oxygens (including phenoxy) is 1. The first-order valence-corrected chi connectivity index (χ1v) is 7.88. The van der Waals surface area contributed by atoms with Crippen molar-refractivity contribution in [1.29, 1.82) is 0 Å². The van der Waals surface area contributed by atoms with Crippen molar-refractivity contribution in [2.75, 3.05) is 13.7 Å². The molecule has 0 bridgehead atoms. The van der Waals surface area contributed by atoms with Crippen LogP contribution in [0, 0.1) is 0 Å². The highest BCUT2D eigenvalue weighted by molar-refractivity contribution is 9.10. The minimum atomic E-state index is 0.278. The van der Waals surface area contributed by atoms with E-state index in [-0.39, 0.29) is 6.04 Å². The van der Waals surface area contributed by atoms with Crippen LogP contribution in [0.5, 0.6) is 5.75 Å². The van der Waals surface area contributed by atoms with Gasteiger partial charge >= 0.3 is 0 Å². The Labute approximate surface area is 126 Å². The summed E-state index contributed by atoms with van der Waals surface area (Å²) in [5.41, 5.74) is 2.09. The van der Waals surface area contributed by atoms with E-state index in [0.717, 1.165) is 26.5 Å². The Bertz CT molecular complexity index is 556. The molecule has 0 aliphatic rings. The maximum Gasteiger partial charge on any atom is 0.120 e. The third kappa shape index (κ3) is 3.35. The molecule has 102 valence electrons. The maximum atomic E-state index is 5.48. The van der Waals surface area contributed by atoms with Crippen molar-refractivity contribution >= 4 is 27.3 Å². The average Bonchev–Trinajstić information content (AvgIpc) is 2.88. The number of hydrogen-bond acceptors (Lipinski definition) is 4. The van der Waals surface area contributed by atoms with Gasteiger partial charge in [-0.25, -0.2) is 4.98 Å². The fraction of sp³-hybridized carbons (Fsp3) is 0.357. The highest BCUT2D eigenvalue weighted by Crippen LogP contribution is 2.33. The molecule has 0 aliphatic heterocycles. The van der Waals surface area contributed by atoms with Crippen LogP contribution in [0.25, 0.3) is 11.3 Å². The molecular formula is C14H17BrN2OS. The van der Waals surface area contributed by atoms with Gasteiger partial charge in [0.1, 0.15) is 10.8 Å². The number of halogens is 1. The van der Waals surface area contributed by atoms with Crippen molar-refractivity contribution < 1.29 is 4.74 Å². The zero-order chi connectivity index (χ0) is 13.8. The number of hydrogen-bond donors (Lipinski definition) is 1. The van der Waals surface area contributed by atoms with Crippen LogP contribution in [0.15, 0.2) is 28.1 Å². The lowest BCUT2D eigenvalue weighted by Gasteiger charge is -2.07. The summed E-state index contributed by atoms with van der Waals surface area (Å²) in [6, 6.07) is 6.28. The van der Waals surface area contributed by atoms with E-state index < -0.39 is 0 Å². The quantitative estimate of drug-likeness (QED) is 0.883. The SMILES string of the molecule is CCOc1ccc(-c2csc(C(C)NC)n2)c(Br)c1. The van der Waals surface area contributed by atoms with Crippen molar-refractivity contribution in [1.82, 2.24) is 10.3 Å². The van der Waals surface area contributed by atoms with Crippen molar-refractivity contribution in [3.05, 3.63) is 33.1 Å². The van der Waals surface area contributed by atoms with Crippen LogP contribution >= 0.6 is 27.3 Å². The van der Waals surface area contributed by atoms with Crippen LogP contribution in [0.1, 0.15) is 24.9 Å². The molecule has 0 saturated heterocycles. The predicted octanol–water partition coefficient (Wildman–Crippen LogP) is 4.25. The summed E-state index contributed by atoms with van der Waals surface area (Å²) in [5.74, 6) is 0.872. The largest absolute Gasteiger partial charge is 0.494 e. The van der Waals surface area contributed by atoms with Crippen LogP contribution in [-0.2, 0) is 0 Å². The summed E-state index contributed by atoms with van der Waals surface area (Å²) < 4.78 is 6.49. The van der Waals surface area contributed by atoms with Crippen molar-refractivity contribution in [3.63, 3.8) is 0 Å². The normalized spacial score (nSPS) is 12.4. The standard InChI is InChI=1S/C14H17BrN2OS/c1-4-18-10-5-6-11(12(15)7-10)13-8-19-14(17-13)9(2)16-3/h5-9,16H,4H2,1-3H3. The van der Waals surface area contributed by atoms with Gasteiger partial charge in [0, 0.05) is 15.4 Å². The molecule has 5 heteroatoms. The van der Waals surface area contributed by atoms with Gasteiger partial charge in [0.2, 0.25) is 0 Å². The second kappa shape index (κ2) is 6.50. The van der Waals surface area contributed by atoms with E-state index in [0.29, 0.717) is 6.61 Å². The summed E-state index contributed by atoms with van der Waals surface area (Å²) in [5, 5.41) is 6.39. The number of nitrogens with one attached hydrogen (secondary N) is 1. The lowest BCUT2D eigenvalue weighted by molar-refractivity contribution is 0.340. The van der Waals surface area contributed by atoms with E-state index in [1.165, 1.54) is 0 Å². The highest BCUT2D eigenvalue weighted by atomic mass is 79.9. The van der Waals surface area contributed by atoms with E-state index in [9.17, 15) is 0 Å². The van der Waals surface area contributed by atoms with Crippen LogP contribution in [0.3, 0.4) is 0 Å². The third-order valence-corrected chi connectivity index (χ3v) is 4.54. The first-order valence-electron chi connectivity index (χ1n) is 6.21. The Morgan fingerprint density at radius 3 is 2.89 bits per heavy atom. The Morgan fingerprint density at radius 2 is 2.26 bits per heavy atom. The smallest absolute Gasteiger partial charge is 0.120 e. The predicted molar refractivity (Wildman–Crippen MR) is 83.9 cm³/mol. The molecule has 0 aliphatic carbocycles. The molecule has 3 nitrogen and oxygen atoms in total. The Morgan fingerprint density at radius 1 is 1.47 bits per heavy atom. The fourth-order valence-corrected chi connectivity index (χ4v) is 3.14. The molecule has 1 heterocycles. The molecule has 1 N–H and O–H groups in total. The molecule has 1 aromatic heterocycles. The van der Waals surface area contributed by atoms with Gasteiger partial charge < -0.3 is 10.1 Å². The van der Waals surface area contributed by atoms with Crippen molar-refractivity contribution in [2.24, 2.45) is 0 Å². The molecular weight excluding hydrogens is 324 g/mol. The molecule has 0 fully saturated rings. The van der Waals surface area contributed by atoms with Crippen LogP contribution in [0.2, 0.25) is 0 Å². The molecule has 2 aromatic rings. The van der Waals surface area contributed by atoms with E-state index in [1.807, 2.05) is 32.2 Å². The van der Waals surface area contributed by atoms with Gasteiger partial charge in [-0.2, -0.15) is 0 Å². The molecule has 0 radical (unpaired) electrons. The van der Waals surface area contributed by atoms with Gasteiger partial charge in [-0.15, -0.1) is 11.3 Å². The Balaban J connectivity index is 2.29. The van der Waals surface area contributed by atoms with E-state index in [4.69, 9.17) is 4.74 Å². The van der Waals surface area contributed by atoms with Crippen LogP contribution in [-0.4, -0.2) is 18.6 Å². The lowest BCUT2D eigenvalue weighted by Crippen LogP contribution is -2.11. The zero-order valence-corrected chi connectivity index (χ0v) is 13.6. The summed E-state index contributed by atoms with van der Waals surface area (Å²) in [6.45, 7) is 4.76. The van der Waals surface area contributed by atoms with Gasteiger partial charge in [0.25, 0.3) is 0 Å². The molecule has 0 saturated carbocycles. The third-order valence-electron chi connectivity index (χ3n) is 2.85. The second-order valence-corrected chi connectivity index (χ2v) is 5.90. The first-order chi connectivity index (χ1) is 9.15. The summed E-state index contributed by atoms with van der Waals surface area (Å²) in [7, 11) is 1.94. The molecule has 1 aromatic carbocycles. The molecule has 1 atom stereocenters. The maximum absolute atomic E-state index is 5.48. The van der Waals surface area contributed by atoms with Gasteiger partial charge in [-0.1, -0.05) is 0 Å². The second-order valence-electron chi connectivity index (χ2n) is 4.16. The van der Waals surface area contributed by atoms with Crippen LogP contribution in [0.4, 0.5) is 0 Å². The van der Waals surface area contributed by atoms with Gasteiger partial charge in [-0.05, 0) is 55.0 Å². The van der Waals surface area contributed by atoms with E-state index in [2.05, 4.69) is 38.5 Å². The zero-order valence-electron chi connectivity index (χ0n) is 11.2. The monoisotopic (exact) mass is 340 g/mol. The Kier molecular flexibility index (Phi) is 4.96. The first kappa shape index (κ1) is 14.5. The van der Waals surface area contributed by atoms with Crippen molar-refractivity contribution in [3.8, 4) is 17.0 Å². The number of nitrogens with zero attached hydrogens (tertiary/aromatic N) is 1.